The molecule has 0 fully saturated rings. The Labute approximate surface area is 575 Å². The number of aromatic nitrogens is 8. The van der Waals surface area contributed by atoms with Crippen molar-refractivity contribution in [2.75, 3.05) is 14.2 Å². The van der Waals surface area contributed by atoms with Crippen molar-refractivity contribution in [3.63, 3.8) is 0 Å². The second kappa shape index (κ2) is 28.0. The Kier molecular flexibility index (Phi) is 20.4. The molecule has 510 valence electrons. The van der Waals surface area contributed by atoms with E-state index < -0.39 is 112 Å². The summed E-state index contributed by atoms with van der Waals surface area (Å²) in [7, 11) is -13.6. The summed E-state index contributed by atoms with van der Waals surface area (Å²) in [4.78, 5) is 70.1. The van der Waals surface area contributed by atoms with E-state index in [0.717, 1.165) is 48.7 Å². The lowest BCUT2D eigenvalue weighted by atomic mass is 10.0. The van der Waals surface area contributed by atoms with E-state index in [0.29, 0.717) is 82.4 Å². The minimum atomic E-state index is -4.87. The number of fused-ring (bicyclic) bond motifs is 3. The molecule has 3 aromatic carbocycles. The second-order valence-electron chi connectivity index (χ2n) is 21.3. The van der Waals surface area contributed by atoms with Crippen molar-refractivity contribution < 1.29 is 79.2 Å². The molecular weight excluding hydrogens is 1460 g/mol. The van der Waals surface area contributed by atoms with E-state index in [9.17, 15) is 79.2 Å². The Hall–Kier alpha value is -9.57. The fraction of sp³-hybridized carbons (Fsp3) is 0.127. The molecule has 0 radical (unpaired) electrons. The number of allylic oxidation sites excluding steroid dienone is 3. The molecule has 0 unspecified atom stereocenters. The van der Waals surface area contributed by atoms with Crippen molar-refractivity contribution in [3.8, 4) is 0 Å². The summed E-state index contributed by atoms with van der Waals surface area (Å²) in [6, 6.07) is 11.9. The third kappa shape index (κ3) is 16.0. The van der Waals surface area contributed by atoms with Crippen molar-refractivity contribution in [3.05, 3.63) is 250 Å². The summed E-state index contributed by atoms with van der Waals surface area (Å²) < 4.78 is 203. The molecule has 20 nitrogen and oxygen atoms in total. The van der Waals surface area contributed by atoms with Crippen LogP contribution in [0.25, 0.3) is 18.2 Å². The Morgan fingerprint density at radius 1 is 0.404 bits per heavy atom. The van der Waals surface area contributed by atoms with Gasteiger partial charge in [0, 0.05) is 66.3 Å². The van der Waals surface area contributed by atoms with E-state index in [-0.39, 0.29) is 56.1 Å². The lowest BCUT2D eigenvalue weighted by Gasteiger charge is -2.15. The molecule has 0 aliphatic heterocycles. The van der Waals surface area contributed by atoms with Gasteiger partial charge < -0.3 is 0 Å². The number of nitrogens with one attached hydrogen (secondary N) is 3. The first kappa shape index (κ1) is 72.2. The van der Waals surface area contributed by atoms with Crippen LogP contribution in [0.4, 0.5) is 56.6 Å². The molecule has 99 heavy (non-hydrogen) atoms. The van der Waals surface area contributed by atoms with Crippen LogP contribution in [0, 0.1) is 13.8 Å². The monoisotopic (exact) mass is 1500 g/mol. The third-order valence-electron chi connectivity index (χ3n) is 14.4. The number of rotatable bonds is 15. The summed E-state index contributed by atoms with van der Waals surface area (Å²) in [6.07, 6.45) is 5.36. The van der Waals surface area contributed by atoms with Crippen LogP contribution < -0.4 is 14.2 Å². The molecule has 3 N–H and O–H groups in total. The normalized spacial score (nSPS) is 13.1. The van der Waals surface area contributed by atoms with Crippen LogP contribution in [0.5, 0.6) is 0 Å². The van der Waals surface area contributed by atoms with Gasteiger partial charge in [0.15, 0.2) is 0 Å². The van der Waals surface area contributed by atoms with Crippen LogP contribution >= 0.6 is 46.4 Å². The van der Waals surface area contributed by atoms with E-state index in [1.807, 2.05) is 6.08 Å². The number of hydrogen-bond acceptors (Lipinski definition) is 17. The van der Waals surface area contributed by atoms with Gasteiger partial charge in [-0.1, -0.05) is 82.9 Å². The van der Waals surface area contributed by atoms with E-state index in [2.05, 4.69) is 54.0 Å². The van der Waals surface area contributed by atoms with Gasteiger partial charge in [-0.2, -0.15) is 39.5 Å². The molecule has 6 aromatic heterocycles. The summed E-state index contributed by atoms with van der Waals surface area (Å²) in [5, 5.41) is -1.94. The summed E-state index contributed by atoms with van der Waals surface area (Å²) in [6.45, 7) is 3.25. The molecule has 6 heterocycles. The number of carbonyl (C=O) groups excluding carboxylic acids is 3. The number of benzene rings is 3. The third-order valence-corrected chi connectivity index (χ3v) is 19.7. The first-order valence-corrected chi connectivity index (χ1v) is 33.9. The van der Waals surface area contributed by atoms with E-state index in [1.54, 1.807) is 44.2 Å². The maximum Gasteiger partial charge on any atom is 0.417 e. The zero-order chi connectivity index (χ0) is 71.9. The molecule has 0 atom stereocenters. The van der Waals surface area contributed by atoms with Gasteiger partial charge in [-0.3, -0.25) is 43.5 Å². The van der Waals surface area contributed by atoms with Crippen molar-refractivity contribution in [1.82, 2.24) is 39.9 Å². The molecule has 36 heteroatoms. The maximum atomic E-state index is 13.3. The highest BCUT2D eigenvalue weighted by atomic mass is 35.5. The summed E-state index contributed by atoms with van der Waals surface area (Å²) >= 11 is 22.7. The number of hydrogen-bond donors (Lipinski definition) is 3. The number of carbonyl (C=O) groups is 3. The minimum Gasteiger partial charge on any atom is -0.287 e. The van der Waals surface area contributed by atoms with Crippen molar-refractivity contribution >= 4 is 129 Å². The quantitative estimate of drug-likeness (QED) is 0.0635. The zero-order valence-corrected chi connectivity index (χ0v) is 55.4. The van der Waals surface area contributed by atoms with Crippen molar-refractivity contribution in [2.45, 2.75) is 66.3 Å². The van der Waals surface area contributed by atoms with Crippen LogP contribution in [-0.4, -0.2) is 82.5 Å². The fourth-order valence-corrected chi connectivity index (χ4v) is 13.9. The molecule has 0 bridgehead atoms. The SMILES string of the molecule is Cc1cnc(C(=O)c2ccnc3c2C=CC3)c(NS(=O)(=O)c2ccc(Cl)c(C(F)(F)F)c2)c1.Cc1cnc(C(=O)c2ncnc3c2C=CC3)c(NS(=O)(=O)c2ccc(Cl)c(C(F)(F)F)c2)c1.O=C(c1ncc(Cl)cc1NS(=O)(=O)c1ccc(Cl)c(C(F)(F)F)c1)c1ncnc2c1C=CC2. The molecule has 0 saturated heterocycles. The number of pyridine rings is 4. The topological polar surface area (TPSA) is 293 Å². The lowest BCUT2D eigenvalue weighted by Crippen LogP contribution is -2.19. The first-order chi connectivity index (χ1) is 46.4. The highest BCUT2D eigenvalue weighted by Gasteiger charge is 2.38. The molecule has 0 saturated carbocycles. The first-order valence-electron chi connectivity index (χ1n) is 28.0. The Balaban J connectivity index is 0.000000161. The maximum absolute atomic E-state index is 13.3. The van der Waals surface area contributed by atoms with E-state index in [1.165, 1.54) is 49.4 Å². The van der Waals surface area contributed by atoms with Crippen molar-refractivity contribution in [2.24, 2.45) is 0 Å². The number of halogens is 13. The van der Waals surface area contributed by atoms with Gasteiger partial charge in [0.2, 0.25) is 17.3 Å². The molecule has 0 amide bonds. The Bertz CT molecular complexity index is 4780. The number of anilines is 3. The van der Waals surface area contributed by atoms with Gasteiger partial charge in [-0.15, -0.1) is 0 Å². The highest BCUT2D eigenvalue weighted by molar-refractivity contribution is 7.93. The number of alkyl halides is 9. The van der Waals surface area contributed by atoms with Gasteiger partial charge in [-0.05, 0) is 104 Å². The Morgan fingerprint density at radius 2 is 0.747 bits per heavy atom. The Morgan fingerprint density at radius 3 is 1.13 bits per heavy atom. The standard InChI is InChI=1S/C22H15ClF3N3O3S.C21H14ClF3N4O3S.C20H11Cl2F3N4O3S/c1-12-9-19(29-33(31,32)13-5-6-17(23)16(10-13)22(24,25)26)20(28-11-12)21(30)15-7-8-27-18-4-2-3-14(15)18;1-11-7-17(29-33(31,32)12-5-6-15(22)14(8-12)21(23,24)25)19(26-9-11)20(30)18-13-3-2-4-16(13)27-10-28-18;21-10-6-16(29-33(31,32)11-4-5-14(22)13(7-11)20(23,24)25)18(26-8-10)19(30)17-12-2-1-3-15(12)27-9-28-17/h2-3,5-11,29H,4H2,1H3;2-3,5-10,29H,4H2,1H3;1-2,4-9,29H,3H2. The summed E-state index contributed by atoms with van der Waals surface area (Å²) in [5.74, 6) is -1.93. The fourth-order valence-electron chi connectivity index (χ4n) is 9.81. The van der Waals surface area contributed by atoms with Crippen LogP contribution in [0.3, 0.4) is 0 Å². The highest BCUT2D eigenvalue weighted by Crippen LogP contribution is 2.40. The molecule has 9 aromatic rings. The van der Waals surface area contributed by atoms with Gasteiger partial charge in [0.25, 0.3) is 30.1 Å². The zero-order valence-electron chi connectivity index (χ0n) is 49.9. The van der Waals surface area contributed by atoms with Crippen LogP contribution in [-0.2, 0) is 67.9 Å². The average molecular weight is 1500 g/mol. The van der Waals surface area contributed by atoms with Gasteiger partial charge in [0.05, 0.1) is 85.6 Å². The van der Waals surface area contributed by atoms with Crippen LogP contribution in [0.15, 0.2) is 149 Å². The van der Waals surface area contributed by atoms with Gasteiger partial charge >= 0.3 is 18.5 Å². The molecule has 12 rings (SSSR count). The van der Waals surface area contributed by atoms with E-state index in [4.69, 9.17) is 46.4 Å². The average Bonchev–Trinajstić information content (AvgIpc) is 1.45. The number of ketones is 3. The molecule has 0 spiro atoms. The molecule has 3 aliphatic rings. The largest absolute Gasteiger partial charge is 0.417 e. The van der Waals surface area contributed by atoms with Gasteiger partial charge in [0.1, 0.15) is 41.1 Å². The predicted molar refractivity (Wildman–Crippen MR) is 346 cm³/mol. The molecule has 3 aliphatic carbocycles. The minimum absolute atomic E-state index is 0.00475. The predicted octanol–water partition coefficient (Wildman–Crippen LogP) is 14.3. The lowest BCUT2D eigenvalue weighted by molar-refractivity contribution is -0.138. The van der Waals surface area contributed by atoms with Gasteiger partial charge in [-0.25, -0.2) is 50.2 Å². The van der Waals surface area contributed by atoms with Crippen LogP contribution in [0.2, 0.25) is 20.1 Å². The van der Waals surface area contributed by atoms with E-state index >= 15 is 0 Å². The number of aryl methyl sites for hydroxylation is 2. The van der Waals surface area contributed by atoms with Crippen LogP contribution in [0.1, 0.15) is 110 Å². The second-order valence-corrected chi connectivity index (χ2v) is 28.0. The number of sulfonamides is 3. The number of nitrogens with zero attached hydrogens (tertiary/aromatic N) is 8. The molecular formula is C63H40Cl4F9N11O9S3. The summed E-state index contributed by atoms with van der Waals surface area (Å²) in [5.41, 5.74) is -0.438. The smallest absolute Gasteiger partial charge is 0.287 e. The van der Waals surface area contributed by atoms with Crippen molar-refractivity contribution in [1.29, 1.82) is 0 Å².